The van der Waals surface area contributed by atoms with Crippen molar-refractivity contribution in [1.29, 1.82) is 0 Å². The van der Waals surface area contributed by atoms with Gasteiger partial charge in [-0.15, -0.1) is 22.7 Å². The van der Waals surface area contributed by atoms with Crippen molar-refractivity contribution in [3.05, 3.63) is 35.2 Å². The highest BCUT2D eigenvalue weighted by Gasteiger charge is 2.25. The second-order valence-electron chi connectivity index (χ2n) is 6.45. The zero-order valence-electron chi connectivity index (χ0n) is 13.9. The number of carbonyl (C=O) groups is 1. The molecule has 3 aromatic rings. The van der Waals surface area contributed by atoms with E-state index in [9.17, 15) is 4.79 Å². The van der Waals surface area contributed by atoms with Crippen molar-refractivity contribution in [3.8, 4) is 0 Å². The Morgan fingerprint density at radius 2 is 2.00 bits per heavy atom. The average molecular weight is 359 g/mol. The standard InChI is InChI=1S/C19H22N2OS2/c1-2-20-12-13-7-9-21(10-8-13)19(22)17-11-16-18(24-17)14-5-3-4-6-15(14)23-16/h3-6,11,13,20H,2,7-10,12H2,1H3. The molecule has 24 heavy (non-hydrogen) atoms. The van der Waals surface area contributed by atoms with E-state index >= 15 is 0 Å². The molecule has 0 atom stereocenters. The van der Waals surface area contributed by atoms with E-state index in [4.69, 9.17) is 0 Å². The van der Waals surface area contributed by atoms with E-state index in [0.29, 0.717) is 5.92 Å². The van der Waals surface area contributed by atoms with E-state index in [1.54, 1.807) is 22.7 Å². The summed E-state index contributed by atoms with van der Waals surface area (Å²) in [5, 5.41) is 4.71. The molecule has 5 heteroatoms. The third-order valence-corrected chi connectivity index (χ3v) is 7.25. The largest absolute Gasteiger partial charge is 0.338 e. The molecule has 0 radical (unpaired) electrons. The summed E-state index contributed by atoms with van der Waals surface area (Å²) >= 11 is 3.44. The Kier molecular flexibility index (Phi) is 4.57. The van der Waals surface area contributed by atoms with Crippen LogP contribution in [-0.2, 0) is 0 Å². The van der Waals surface area contributed by atoms with E-state index in [2.05, 4.69) is 42.6 Å². The fourth-order valence-electron chi connectivity index (χ4n) is 3.45. The first-order chi connectivity index (χ1) is 11.8. The third kappa shape index (κ3) is 2.96. The number of hydrogen-bond donors (Lipinski definition) is 1. The van der Waals surface area contributed by atoms with Crippen LogP contribution >= 0.6 is 22.7 Å². The summed E-state index contributed by atoms with van der Waals surface area (Å²) in [6.45, 7) is 6.03. The first-order valence-corrected chi connectivity index (χ1v) is 10.3. The van der Waals surface area contributed by atoms with Gasteiger partial charge in [0.25, 0.3) is 5.91 Å². The van der Waals surface area contributed by atoms with Crippen LogP contribution in [0.25, 0.3) is 19.5 Å². The highest BCUT2D eigenvalue weighted by Crippen LogP contribution is 2.39. The second kappa shape index (κ2) is 6.82. The van der Waals surface area contributed by atoms with Gasteiger partial charge in [-0.25, -0.2) is 0 Å². The highest BCUT2D eigenvalue weighted by atomic mass is 32.1. The molecule has 4 rings (SSSR count). The minimum atomic E-state index is 0.217. The van der Waals surface area contributed by atoms with Crippen molar-refractivity contribution in [2.24, 2.45) is 5.92 Å². The smallest absolute Gasteiger partial charge is 0.263 e. The minimum absolute atomic E-state index is 0.217. The first-order valence-electron chi connectivity index (χ1n) is 8.67. The summed E-state index contributed by atoms with van der Waals surface area (Å²) in [5.41, 5.74) is 0. The van der Waals surface area contributed by atoms with Crippen LogP contribution < -0.4 is 5.32 Å². The maximum Gasteiger partial charge on any atom is 0.263 e. The van der Waals surface area contributed by atoms with Crippen LogP contribution in [0.5, 0.6) is 0 Å². The van der Waals surface area contributed by atoms with Crippen LogP contribution in [0.2, 0.25) is 0 Å². The molecular formula is C19H22N2OS2. The third-order valence-electron chi connectivity index (χ3n) is 4.85. The minimum Gasteiger partial charge on any atom is -0.338 e. The zero-order chi connectivity index (χ0) is 16.5. The molecule has 3 nitrogen and oxygen atoms in total. The van der Waals surface area contributed by atoms with Gasteiger partial charge < -0.3 is 10.2 Å². The number of thiophene rings is 2. The molecule has 0 aliphatic carbocycles. The molecule has 0 bridgehead atoms. The fourth-order valence-corrected chi connectivity index (χ4v) is 5.94. The van der Waals surface area contributed by atoms with Gasteiger partial charge in [0.05, 0.1) is 9.58 Å². The summed E-state index contributed by atoms with van der Waals surface area (Å²) in [4.78, 5) is 15.8. The number of rotatable bonds is 4. The number of carbonyl (C=O) groups excluding carboxylic acids is 1. The number of nitrogens with zero attached hydrogens (tertiary/aromatic N) is 1. The molecule has 126 valence electrons. The Morgan fingerprint density at radius 3 is 2.79 bits per heavy atom. The molecule has 1 saturated heterocycles. The Morgan fingerprint density at radius 1 is 1.21 bits per heavy atom. The predicted molar refractivity (Wildman–Crippen MR) is 104 cm³/mol. The fraction of sp³-hybridized carbons (Fsp3) is 0.421. The molecule has 0 unspecified atom stereocenters. The number of likely N-dealkylation sites (tertiary alicyclic amines) is 1. The maximum absolute atomic E-state index is 12.8. The molecule has 1 aromatic carbocycles. The van der Waals surface area contributed by atoms with Crippen LogP contribution in [0.4, 0.5) is 0 Å². The zero-order valence-corrected chi connectivity index (χ0v) is 15.5. The SMILES string of the molecule is CCNCC1CCN(C(=O)c2cc3sc4ccccc4c3s2)CC1. The molecule has 1 amide bonds. The van der Waals surface area contributed by atoms with Crippen LogP contribution in [0, 0.1) is 5.92 Å². The number of fused-ring (bicyclic) bond motifs is 3. The van der Waals surface area contributed by atoms with Crippen molar-refractivity contribution >= 4 is 48.1 Å². The second-order valence-corrected chi connectivity index (χ2v) is 8.58. The van der Waals surface area contributed by atoms with Crippen molar-refractivity contribution in [1.82, 2.24) is 10.2 Å². The lowest BCUT2D eigenvalue weighted by molar-refractivity contribution is 0.0695. The maximum atomic E-state index is 12.8. The Labute approximate surface area is 150 Å². The van der Waals surface area contributed by atoms with Gasteiger partial charge in [0.2, 0.25) is 0 Å². The van der Waals surface area contributed by atoms with Gasteiger partial charge in [0, 0.05) is 27.9 Å². The average Bonchev–Trinajstić information content (AvgIpc) is 3.17. The van der Waals surface area contributed by atoms with Gasteiger partial charge in [0.15, 0.2) is 0 Å². The Balaban J connectivity index is 1.50. The predicted octanol–water partition coefficient (Wildman–Crippen LogP) is 4.58. The lowest BCUT2D eigenvalue weighted by Crippen LogP contribution is -2.40. The Bertz CT molecular complexity index is 859. The lowest BCUT2D eigenvalue weighted by atomic mass is 9.96. The van der Waals surface area contributed by atoms with E-state index in [-0.39, 0.29) is 5.91 Å². The molecule has 1 aliphatic rings. The highest BCUT2D eigenvalue weighted by molar-refractivity contribution is 7.33. The topological polar surface area (TPSA) is 32.3 Å². The van der Waals surface area contributed by atoms with Crippen LogP contribution in [0.3, 0.4) is 0 Å². The summed E-state index contributed by atoms with van der Waals surface area (Å²) in [7, 11) is 0. The summed E-state index contributed by atoms with van der Waals surface area (Å²) in [6, 6.07) is 10.6. The molecule has 1 fully saturated rings. The van der Waals surface area contributed by atoms with E-state index < -0.39 is 0 Å². The summed E-state index contributed by atoms with van der Waals surface area (Å²) < 4.78 is 3.81. The van der Waals surface area contributed by atoms with E-state index in [1.165, 1.54) is 19.5 Å². The number of amides is 1. The molecule has 1 aliphatic heterocycles. The molecule has 3 heterocycles. The van der Waals surface area contributed by atoms with Gasteiger partial charge in [-0.05, 0) is 44.0 Å². The van der Waals surface area contributed by atoms with Gasteiger partial charge in [-0.3, -0.25) is 4.79 Å². The van der Waals surface area contributed by atoms with Crippen LogP contribution in [0.1, 0.15) is 29.4 Å². The van der Waals surface area contributed by atoms with Gasteiger partial charge in [0.1, 0.15) is 0 Å². The molecule has 0 spiro atoms. The van der Waals surface area contributed by atoms with Crippen LogP contribution in [-0.4, -0.2) is 37.0 Å². The van der Waals surface area contributed by atoms with Gasteiger partial charge in [-0.2, -0.15) is 0 Å². The number of piperidine rings is 1. The van der Waals surface area contributed by atoms with E-state index in [0.717, 1.165) is 43.9 Å². The van der Waals surface area contributed by atoms with Gasteiger partial charge >= 0.3 is 0 Å². The molecule has 0 saturated carbocycles. The van der Waals surface area contributed by atoms with E-state index in [1.807, 2.05) is 4.90 Å². The first kappa shape index (κ1) is 16.1. The number of hydrogen-bond acceptors (Lipinski definition) is 4. The van der Waals surface area contributed by atoms with Crippen LogP contribution in [0.15, 0.2) is 30.3 Å². The number of nitrogens with one attached hydrogen (secondary N) is 1. The normalized spacial score (nSPS) is 16.3. The van der Waals surface area contributed by atoms with Crippen molar-refractivity contribution in [2.75, 3.05) is 26.2 Å². The molecule has 2 aromatic heterocycles. The number of benzene rings is 1. The quantitative estimate of drug-likeness (QED) is 0.740. The van der Waals surface area contributed by atoms with Gasteiger partial charge in [-0.1, -0.05) is 25.1 Å². The lowest BCUT2D eigenvalue weighted by Gasteiger charge is -2.31. The van der Waals surface area contributed by atoms with Crippen molar-refractivity contribution in [2.45, 2.75) is 19.8 Å². The molecular weight excluding hydrogens is 336 g/mol. The monoisotopic (exact) mass is 358 g/mol. The van der Waals surface area contributed by atoms with Crippen molar-refractivity contribution < 1.29 is 4.79 Å². The molecule has 1 N–H and O–H groups in total. The summed E-state index contributed by atoms with van der Waals surface area (Å²) in [5.74, 6) is 0.930. The summed E-state index contributed by atoms with van der Waals surface area (Å²) in [6.07, 6.45) is 2.23. The Hall–Kier alpha value is -1.43. The van der Waals surface area contributed by atoms with Crippen molar-refractivity contribution in [3.63, 3.8) is 0 Å².